The number of carboxylic acids is 1. The highest BCUT2D eigenvalue weighted by Crippen LogP contribution is 2.20. The summed E-state index contributed by atoms with van der Waals surface area (Å²) in [5.41, 5.74) is 1.13. The topological polar surface area (TPSA) is 66.3 Å². The van der Waals surface area contributed by atoms with Crippen molar-refractivity contribution in [2.45, 2.75) is 26.7 Å². The number of anilines is 1. The van der Waals surface area contributed by atoms with E-state index in [2.05, 4.69) is 23.8 Å². The molecule has 98 valence electrons. The number of hydrogen-bond acceptors (Lipinski definition) is 4. The zero-order valence-electron chi connectivity index (χ0n) is 10.8. The third-order valence-electron chi connectivity index (χ3n) is 3.16. The third kappa shape index (κ3) is 2.97. The number of carbonyl (C=O) groups is 1. The predicted molar refractivity (Wildman–Crippen MR) is 68.5 cm³/mol. The van der Waals surface area contributed by atoms with Gasteiger partial charge in [0.25, 0.3) is 0 Å². The van der Waals surface area contributed by atoms with Gasteiger partial charge in [-0.2, -0.15) is 0 Å². The first-order valence-electron chi connectivity index (χ1n) is 6.35. The Bertz CT molecular complexity index is 417. The standard InChI is InChI=1S/C13H19N3O2/c1-9(2)5-10-6-14-13(15-7-10)16-4-3-11(8-16)12(17)18/h6-7,9,11H,3-5,8H2,1-2H3,(H,17,18). The van der Waals surface area contributed by atoms with Crippen LogP contribution in [0.3, 0.4) is 0 Å². The van der Waals surface area contributed by atoms with Crippen LogP contribution in [0.2, 0.25) is 0 Å². The van der Waals surface area contributed by atoms with Crippen molar-refractivity contribution >= 4 is 11.9 Å². The van der Waals surface area contributed by atoms with Gasteiger partial charge in [-0.15, -0.1) is 0 Å². The molecule has 1 aliphatic rings. The number of nitrogens with zero attached hydrogens (tertiary/aromatic N) is 3. The first-order chi connectivity index (χ1) is 8.56. The molecule has 5 nitrogen and oxygen atoms in total. The first kappa shape index (κ1) is 12.8. The van der Waals surface area contributed by atoms with Crippen LogP contribution in [0.25, 0.3) is 0 Å². The van der Waals surface area contributed by atoms with E-state index in [9.17, 15) is 4.79 Å². The highest BCUT2D eigenvalue weighted by Gasteiger charge is 2.29. The van der Waals surface area contributed by atoms with Gasteiger partial charge in [0.2, 0.25) is 5.95 Å². The van der Waals surface area contributed by atoms with E-state index in [1.807, 2.05) is 17.3 Å². The van der Waals surface area contributed by atoms with E-state index in [0.717, 1.165) is 18.5 Å². The Labute approximate surface area is 107 Å². The van der Waals surface area contributed by atoms with Crippen molar-refractivity contribution in [2.75, 3.05) is 18.0 Å². The van der Waals surface area contributed by atoms with E-state index in [4.69, 9.17) is 5.11 Å². The van der Waals surface area contributed by atoms with Crippen molar-refractivity contribution in [1.29, 1.82) is 0 Å². The number of aromatic nitrogens is 2. The first-order valence-corrected chi connectivity index (χ1v) is 6.35. The number of rotatable bonds is 4. The van der Waals surface area contributed by atoms with Gasteiger partial charge in [0.1, 0.15) is 0 Å². The number of hydrogen-bond donors (Lipinski definition) is 1. The third-order valence-corrected chi connectivity index (χ3v) is 3.16. The van der Waals surface area contributed by atoms with Gasteiger partial charge in [0.05, 0.1) is 5.92 Å². The minimum absolute atomic E-state index is 0.288. The van der Waals surface area contributed by atoms with Crippen molar-refractivity contribution in [3.63, 3.8) is 0 Å². The van der Waals surface area contributed by atoms with Gasteiger partial charge in [-0.05, 0) is 24.3 Å². The molecule has 1 aromatic rings. The van der Waals surface area contributed by atoms with E-state index in [1.165, 1.54) is 0 Å². The van der Waals surface area contributed by atoms with Crippen molar-refractivity contribution in [2.24, 2.45) is 11.8 Å². The molecule has 0 amide bonds. The lowest BCUT2D eigenvalue weighted by atomic mass is 10.1. The molecule has 0 saturated carbocycles. The lowest BCUT2D eigenvalue weighted by Crippen LogP contribution is -2.24. The smallest absolute Gasteiger partial charge is 0.308 e. The molecular formula is C13H19N3O2. The highest BCUT2D eigenvalue weighted by atomic mass is 16.4. The summed E-state index contributed by atoms with van der Waals surface area (Å²) in [5, 5.41) is 8.95. The molecular weight excluding hydrogens is 230 g/mol. The summed E-state index contributed by atoms with van der Waals surface area (Å²) in [6, 6.07) is 0. The number of carboxylic acid groups (broad SMARTS) is 1. The van der Waals surface area contributed by atoms with Crippen LogP contribution >= 0.6 is 0 Å². The zero-order valence-corrected chi connectivity index (χ0v) is 10.8. The molecule has 1 unspecified atom stereocenters. The molecule has 1 aromatic heterocycles. The van der Waals surface area contributed by atoms with Gasteiger partial charge in [-0.3, -0.25) is 4.79 Å². The van der Waals surface area contributed by atoms with Crippen LogP contribution in [0.5, 0.6) is 0 Å². The molecule has 0 aromatic carbocycles. The lowest BCUT2D eigenvalue weighted by molar-refractivity contribution is -0.140. The number of aliphatic carboxylic acids is 1. The van der Waals surface area contributed by atoms with E-state index >= 15 is 0 Å². The molecule has 5 heteroatoms. The zero-order chi connectivity index (χ0) is 13.1. The fraction of sp³-hybridized carbons (Fsp3) is 0.615. The molecule has 1 N–H and O–H groups in total. The summed E-state index contributed by atoms with van der Waals surface area (Å²) < 4.78 is 0. The Morgan fingerprint density at radius 1 is 1.50 bits per heavy atom. The Morgan fingerprint density at radius 2 is 2.17 bits per heavy atom. The maximum atomic E-state index is 10.9. The fourth-order valence-corrected chi connectivity index (χ4v) is 2.23. The van der Waals surface area contributed by atoms with Gasteiger partial charge in [-0.25, -0.2) is 9.97 Å². The molecule has 0 bridgehead atoms. The largest absolute Gasteiger partial charge is 0.481 e. The maximum Gasteiger partial charge on any atom is 0.308 e. The summed E-state index contributed by atoms with van der Waals surface area (Å²) in [5.74, 6) is 0.215. The SMILES string of the molecule is CC(C)Cc1cnc(N2CCC(C(=O)O)C2)nc1. The van der Waals surface area contributed by atoms with Crippen molar-refractivity contribution < 1.29 is 9.90 Å². The Morgan fingerprint density at radius 3 is 2.67 bits per heavy atom. The summed E-state index contributed by atoms with van der Waals surface area (Å²) in [4.78, 5) is 21.5. The molecule has 18 heavy (non-hydrogen) atoms. The Kier molecular flexibility index (Phi) is 3.79. The summed E-state index contributed by atoms with van der Waals surface area (Å²) in [6.07, 6.45) is 5.33. The van der Waals surface area contributed by atoms with E-state index in [0.29, 0.717) is 24.8 Å². The van der Waals surface area contributed by atoms with E-state index in [-0.39, 0.29) is 5.92 Å². The normalized spacial score (nSPS) is 19.5. The van der Waals surface area contributed by atoms with Gasteiger partial charge in [0, 0.05) is 25.5 Å². The van der Waals surface area contributed by atoms with Gasteiger partial charge in [-0.1, -0.05) is 13.8 Å². The molecule has 1 saturated heterocycles. The Balaban J connectivity index is 2.00. The van der Waals surface area contributed by atoms with Crippen LogP contribution in [0.4, 0.5) is 5.95 Å². The van der Waals surface area contributed by atoms with Crippen LogP contribution < -0.4 is 4.90 Å². The van der Waals surface area contributed by atoms with Crippen molar-refractivity contribution in [3.05, 3.63) is 18.0 Å². The molecule has 1 atom stereocenters. The van der Waals surface area contributed by atoms with Gasteiger partial charge < -0.3 is 10.0 Å². The van der Waals surface area contributed by atoms with Gasteiger partial charge >= 0.3 is 5.97 Å². The molecule has 0 spiro atoms. The Hall–Kier alpha value is -1.65. The predicted octanol–water partition coefficient (Wildman–Crippen LogP) is 1.59. The van der Waals surface area contributed by atoms with Crippen LogP contribution in [-0.4, -0.2) is 34.1 Å². The maximum absolute atomic E-state index is 10.9. The highest BCUT2D eigenvalue weighted by molar-refractivity contribution is 5.71. The fourth-order valence-electron chi connectivity index (χ4n) is 2.23. The minimum Gasteiger partial charge on any atom is -0.481 e. The molecule has 0 radical (unpaired) electrons. The molecule has 2 rings (SSSR count). The summed E-state index contributed by atoms with van der Waals surface area (Å²) >= 11 is 0. The molecule has 1 fully saturated rings. The lowest BCUT2D eigenvalue weighted by Gasteiger charge is -2.15. The second-order valence-corrected chi connectivity index (χ2v) is 5.26. The summed E-state index contributed by atoms with van der Waals surface area (Å²) in [6.45, 7) is 5.55. The summed E-state index contributed by atoms with van der Waals surface area (Å²) in [7, 11) is 0. The molecule has 1 aliphatic heterocycles. The second kappa shape index (κ2) is 5.33. The van der Waals surface area contributed by atoms with Gasteiger partial charge in [0.15, 0.2) is 0 Å². The van der Waals surface area contributed by atoms with Crippen LogP contribution in [-0.2, 0) is 11.2 Å². The van der Waals surface area contributed by atoms with Crippen LogP contribution in [0.15, 0.2) is 12.4 Å². The van der Waals surface area contributed by atoms with Crippen LogP contribution in [0, 0.1) is 11.8 Å². The van der Waals surface area contributed by atoms with Crippen molar-refractivity contribution in [3.8, 4) is 0 Å². The van der Waals surface area contributed by atoms with E-state index in [1.54, 1.807) is 0 Å². The average Bonchev–Trinajstić information content (AvgIpc) is 2.78. The van der Waals surface area contributed by atoms with Crippen LogP contribution in [0.1, 0.15) is 25.8 Å². The van der Waals surface area contributed by atoms with Crippen molar-refractivity contribution in [1.82, 2.24) is 9.97 Å². The average molecular weight is 249 g/mol. The monoisotopic (exact) mass is 249 g/mol. The quantitative estimate of drug-likeness (QED) is 0.877. The molecule has 2 heterocycles. The van der Waals surface area contributed by atoms with E-state index < -0.39 is 5.97 Å². The minimum atomic E-state index is -0.728. The second-order valence-electron chi connectivity index (χ2n) is 5.26. The molecule has 0 aliphatic carbocycles.